The number of rotatable bonds is 7. The third-order valence-corrected chi connectivity index (χ3v) is 2.59. The fourth-order valence-corrected chi connectivity index (χ4v) is 1.77. The Hall–Kier alpha value is -1.75. The van der Waals surface area contributed by atoms with Crippen molar-refractivity contribution in [3.8, 4) is 11.5 Å². The van der Waals surface area contributed by atoms with E-state index >= 15 is 0 Å². The summed E-state index contributed by atoms with van der Waals surface area (Å²) in [5.41, 5.74) is 6.62. The lowest BCUT2D eigenvalue weighted by Crippen LogP contribution is -2.33. The standard InChI is InChI=1S/C14H21NO4/c1-4-18-12-8-6-7-10(13(12)19-5-2)9-11(15)14(16)17-3/h6-8,11H,4-5,9,15H2,1-3H3. The maximum atomic E-state index is 11.4. The fourth-order valence-electron chi connectivity index (χ4n) is 1.77. The Kier molecular flexibility index (Phi) is 6.15. The minimum absolute atomic E-state index is 0.350. The Bertz CT molecular complexity index is 420. The van der Waals surface area contributed by atoms with Gasteiger partial charge in [0.15, 0.2) is 11.5 Å². The quantitative estimate of drug-likeness (QED) is 0.758. The van der Waals surface area contributed by atoms with Crippen molar-refractivity contribution in [3.05, 3.63) is 23.8 Å². The Morgan fingerprint density at radius 3 is 2.53 bits per heavy atom. The Balaban J connectivity index is 2.98. The van der Waals surface area contributed by atoms with Crippen molar-refractivity contribution in [2.45, 2.75) is 26.3 Å². The van der Waals surface area contributed by atoms with Gasteiger partial charge in [-0.25, -0.2) is 0 Å². The molecular weight excluding hydrogens is 246 g/mol. The van der Waals surface area contributed by atoms with Crippen LogP contribution in [0, 0.1) is 0 Å². The largest absolute Gasteiger partial charge is 0.490 e. The molecule has 0 bridgehead atoms. The fraction of sp³-hybridized carbons (Fsp3) is 0.500. The van der Waals surface area contributed by atoms with E-state index in [1.807, 2.05) is 32.0 Å². The van der Waals surface area contributed by atoms with Gasteiger partial charge in [-0.1, -0.05) is 12.1 Å². The molecule has 0 fully saturated rings. The zero-order valence-electron chi connectivity index (χ0n) is 11.6. The van der Waals surface area contributed by atoms with E-state index in [1.165, 1.54) is 7.11 Å². The molecule has 1 atom stereocenters. The molecule has 5 nitrogen and oxygen atoms in total. The van der Waals surface area contributed by atoms with E-state index in [4.69, 9.17) is 15.2 Å². The number of para-hydroxylation sites is 1. The van der Waals surface area contributed by atoms with Crippen molar-refractivity contribution in [2.75, 3.05) is 20.3 Å². The molecule has 2 N–H and O–H groups in total. The lowest BCUT2D eigenvalue weighted by Gasteiger charge is -2.16. The first-order chi connectivity index (χ1) is 9.13. The van der Waals surface area contributed by atoms with Gasteiger partial charge in [-0.2, -0.15) is 0 Å². The first kappa shape index (κ1) is 15.3. The van der Waals surface area contributed by atoms with E-state index in [0.29, 0.717) is 31.1 Å². The second-order valence-corrected chi connectivity index (χ2v) is 3.94. The van der Waals surface area contributed by atoms with Crippen LogP contribution >= 0.6 is 0 Å². The van der Waals surface area contributed by atoms with Gasteiger partial charge in [-0.05, 0) is 19.9 Å². The SMILES string of the molecule is CCOc1cccc(CC(N)C(=O)OC)c1OCC. The molecule has 1 aromatic rings. The van der Waals surface area contributed by atoms with Crippen molar-refractivity contribution in [1.29, 1.82) is 0 Å². The van der Waals surface area contributed by atoms with Crippen LogP contribution in [0.1, 0.15) is 19.4 Å². The summed E-state index contributed by atoms with van der Waals surface area (Å²) < 4.78 is 15.7. The lowest BCUT2D eigenvalue weighted by atomic mass is 10.0. The molecule has 0 aromatic heterocycles. The van der Waals surface area contributed by atoms with E-state index in [2.05, 4.69) is 4.74 Å². The number of benzene rings is 1. The van der Waals surface area contributed by atoms with Gasteiger partial charge in [0.05, 0.1) is 20.3 Å². The summed E-state index contributed by atoms with van der Waals surface area (Å²) in [5.74, 6) is 0.870. The van der Waals surface area contributed by atoms with Crippen LogP contribution in [0.2, 0.25) is 0 Å². The summed E-state index contributed by atoms with van der Waals surface area (Å²) in [6.45, 7) is 4.87. The zero-order valence-corrected chi connectivity index (χ0v) is 11.6. The maximum absolute atomic E-state index is 11.4. The van der Waals surface area contributed by atoms with Crippen LogP contribution < -0.4 is 15.2 Å². The molecule has 0 saturated heterocycles. The van der Waals surface area contributed by atoms with Crippen molar-refractivity contribution in [1.82, 2.24) is 0 Å². The van der Waals surface area contributed by atoms with Crippen LogP contribution in [0.25, 0.3) is 0 Å². The highest BCUT2D eigenvalue weighted by molar-refractivity contribution is 5.76. The summed E-state index contributed by atoms with van der Waals surface area (Å²) in [6, 6.07) is 4.85. The first-order valence-electron chi connectivity index (χ1n) is 6.34. The van der Waals surface area contributed by atoms with Gasteiger partial charge in [0.25, 0.3) is 0 Å². The average Bonchev–Trinajstić information content (AvgIpc) is 2.41. The summed E-state index contributed by atoms with van der Waals surface area (Å²) >= 11 is 0. The number of ether oxygens (including phenoxy) is 3. The number of carbonyl (C=O) groups excluding carboxylic acids is 1. The van der Waals surface area contributed by atoms with Gasteiger partial charge in [0, 0.05) is 12.0 Å². The molecule has 106 valence electrons. The van der Waals surface area contributed by atoms with Crippen LogP contribution in [-0.2, 0) is 16.0 Å². The molecule has 0 spiro atoms. The smallest absolute Gasteiger partial charge is 0.322 e. The number of hydrogen-bond acceptors (Lipinski definition) is 5. The maximum Gasteiger partial charge on any atom is 0.322 e. The van der Waals surface area contributed by atoms with Crippen molar-refractivity contribution >= 4 is 5.97 Å². The lowest BCUT2D eigenvalue weighted by molar-refractivity contribution is -0.142. The summed E-state index contributed by atoms with van der Waals surface area (Å²) in [5, 5.41) is 0. The van der Waals surface area contributed by atoms with Gasteiger partial charge in [-0.3, -0.25) is 4.79 Å². The zero-order chi connectivity index (χ0) is 14.3. The van der Waals surface area contributed by atoms with Crippen LogP contribution in [0.5, 0.6) is 11.5 Å². The highest BCUT2D eigenvalue weighted by atomic mass is 16.5. The van der Waals surface area contributed by atoms with Gasteiger partial charge < -0.3 is 19.9 Å². The van der Waals surface area contributed by atoms with Crippen molar-refractivity contribution in [2.24, 2.45) is 5.73 Å². The van der Waals surface area contributed by atoms with Crippen LogP contribution in [0.15, 0.2) is 18.2 Å². The molecule has 19 heavy (non-hydrogen) atoms. The number of methoxy groups -OCH3 is 1. The molecule has 0 saturated carbocycles. The molecule has 1 aromatic carbocycles. The first-order valence-corrected chi connectivity index (χ1v) is 6.34. The van der Waals surface area contributed by atoms with Gasteiger partial charge >= 0.3 is 5.97 Å². The summed E-state index contributed by atoms with van der Waals surface area (Å²) in [4.78, 5) is 11.4. The Labute approximate surface area is 113 Å². The highest BCUT2D eigenvalue weighted by Crippen LogP contribution is 2.32. The molecule has 1 unspecified atom stereocenters. The van der Waals surface area contributed by atoms with E-state index in [9.17, 15) is 4.79 Å². The minimum Gasteiger partial charge on any atom is -0.490 e. The minimum atomic E-state index is -0.707. The molecule has 0 aliphatic carbocycles. The number of esters is 1. The van der Waals surface area contributed by atoms with E-state index in [-0.39, 0.29) is 0 Å². The Morgan fingerprint density at radius 2 is 1.95 bits per heavy atom. The molecule has 0 aliphatic rings. The second-order valence-electron chi connectivity index (χ2n) is 3.94. The topological polar surface area (TPSA) is 70.8 Å². The predicted molar refractivity (Wildman–Crippen MR) is 72.5 cm³/mol. The Morgan fingerprint density at radius 1 is 1.26 bits per heavy atom. The van der Waals surface area contributed by atoms with Crippen molar-refractivity contribution < 1.29 is 19.0 Å². The van der Waals surface area contributed by atoms with Crippen molar-refractivity contribution in [3.63, 3.8) is 0 Å². The average molecular weight is 267 g/mol. The number of nitrogens with two attached hydrogens (primary N) is 1. The normalized spacial score (nSPS) is 11.8. The summed E-state index contributed by atoms with van der Waals surface area (Å²) in [7, 11) is 1.32. The molecule has 0 aliphatic heterocycles. The third kappa shape index (κ3) is 4.13. The number of hydrogen-bond donors (Lipinski definition) is 1. The molecule has 0 amide bonds. The number of carbonyl (C=O) groups is 1. The van der Waals surface area contributed by atoms with Crippen LogP contribution in [-0.4, -0.2) is 32.3 Å². The highest BCUT2D eigenvalue weighted by Gasteiger charge is 2.18. The molecule has 1 rings (SSSR count). The van der Waals surface area contributed by atoms with Gasteiger partial charge in [-0.15, -0.1) is 0 Å². The van der Waals surface area contributed by atoms with E-state index in [1.54, 1.807) is 0 Å². The molecule has 0 radical (unpaired) electrons. The summed E-state index contributed by atoms with van der Waals surface area (Å²) in [6.07, 6.45) is 0.350. The predicted octanol–water partition coefficient (Wildman–Crippen LogP) is 1.53. The van der Waals surface area contributed by atoms with E-state index < -0.39 is 12.0 Å². The monoisotopic (exact) mass is 267 g/mol. The molecular formula is C14H21NO4. The second kappa shape index (κ2) is 7.63. The molecule has 5 heteroatoms. The van der Waals surface area contributed by atoms with Gasteiger partial charge in [0.2, 0.25) is 0 Å². The van der Waals surface area contributed by atoms with Crippen LogP contribution in [0.3, 0.4) is 0 Å². The third-order valence-electron chi connectivity index (χ3n) is 2.59. The van der Waals surface area contributed by atoms with Crippen LogP contribution in [0.4, 0.5) is 0 Å². The van der Waals surface area contributed by atoms with Gasteiger partial charge in [0.1, 0.15) is 6.04 Å². The van der Waals surface area contributed by atoms with E-state index in [0.717, 1.165) is 5.56 Å². The molecule has 0 heterocycles.